The Morgan fingerprint density at radius 1 is 1.46 bits per heavy atom. The fourth-order valence-corrected chi connectivity index (χ4v) is 3.28. The van der Waals surface area contributed by atoms with Crippen molar-refractivity contribution in [2.24, 2.45) is 5.92 Å². The van der Waals surface area contributed by atoms with Crippen LogP contribution < -0.4 is 4.90 Å². The van der Waals surface area contributed by atoms with Gasteiger partial charge in [-0.2, -0.15) is 0 Å². The van der Waals surface area contributed by atoms with Crippen molar-refractivity contribution in [3.8, 4) is 11.4 Å². The van der Waals surface area contributed by atoms with Gasteiger partial charge in [0.25, 0.3) is 0 Å². The van der Waals surface area contributed by atoms with Gasteiger partial charge in [-0.25, -0.2) is 15.0 Å². The van der Waals surface area contributed by atoms with Crippen LogP contribution in [0, 0.1) is 5.92 Å². The molecule has 0 saturated carbocycles. The Morgan fingerprint density at radius 2 is 2.29 bits per heavy atom. The minimum absolute atomic E-state index is 0.0558. The van der Waals surface area contributed by atoms with Crippen molar-refractivity contribution in [1.82, 2.24) is 19.9 Å². The topological polar surface area (TPSA) is 74.8 Å². The zero-order valence-electron chi connectivity index (χ0n) is 13.7. The molecule has 6 nitrogen and oxygen atoms in total. The number of hydrogen-bond acceptors (Lipinski definition) is 5. The summed E-state index contributed by atoms with van der Waals surface area (Å²) >= 11 is 1.43. The van der Waals surface area contributed by atoms with E-state index in [1.807, 2.05) is 31.5 Å². The highest BCUT2D eigenvalue weighted by molar-refractivity contribution is 7.14. The molecule has 0 bridgehead atoms. The smallest absolute Gasteiger partial charge is 0.229 e. The third-order valence-corrected chi connectivity index (χ3v) is 4.38. The maximum Gasteiger partial charge on any atom is 0.229 e. The van der Waals surface area contributed by atoms with Crippen molar-refractivity contribution in [2.45, 2.75) is 20.3 Å². The van der Waals surface area contributed by atoms with E-state index in [0.717, 1.165) is 22.4 Å². The highest BCUT2D eigenvalue weighted by atomic mass is 32.1. The summed E-state index contributed by atoms with van der Waals surface area (Å²) in [7, 11) is 0. The number of H-pyrrole nitrogens is 1. The molecule has 24 heavy (non-hydrogen) atoms. The van der Waals surface area contributed by atoms with Gasteiger partial charge in [0, 0.05) is 29.9 Å². The second-order valence-electron chi connectivity index (χ2n) is 5.87. The predicted molar refractivity (Wildman–Crippen MR) is 97.0 cm³/mol. The number of aromatic nitrogens is 4. The summed E-state index contributed by atoms with van der Waals surface area (Å²) in [6.07, 6.45) is 5.54. The fourth-order valence-electron chi connectivity index (χ4n) is 2.45. The lowest BCUT2D eigenvalue weighted by Gasteiger charge is -2.19. The van der Waals surface area contributed by atoms with E-state index in [1.54, 1.807) is 11.0 Å². The van der Waals surface area contributed by atoms with E-state index >= 15 is 0 Å². The molecule has 7 heteroatoms. The molecular weight excluding hydrogens is 322 g/mol. The van der Waals surface area contributed by atoms with Gasteiger partial charge < -0.3 is 4.98 Å². The lowest BCUT2D eigenvalue weighted by molar-refractivity contribution is -0.119. The number of aromatic amines is 1. The molecule has 3 rings (SSSR count). The monoisotopic (exact) mass is 341 g/mol. The molecule has 124 valence electrons. The Morgan fingerprint density at radius 3 is 3.04 bits per heavy atom. The van der Waals surface area contributed by atoms with Crippen molar-refractivity contribution < 1.29 is 4.79 Å². The first-order valence-electron chi connectivity index (χ1n) is 7.75. The average molecular weight is 341 g/mol. The van der Waals surface area contributed by atoms with Crippen LogP contribution in [0.3, 0.4) is 0 Å². The van der Waals surface area contributed by atoms with Gasteiger partial charge >= 0.3 is 0 Å². The van der Waals surface area contributed by atoms with Crippen LogP contribution in [0.25, 0.3) is 22.4 Å². The van der Waals surface area contributed by atoms with Crippen LogP contribution in [-0.4, -0.2) is 32.4 Å². The van der Waals surface area contributed by atoms with Gasteiger partial charge in [0.1, 0.15) is 23.4 Å². The van der Waals surface area contributed by atoms with E-state index in [-0.39, 0.29) is 5.91 Å². The van der Waals surface area contributed by atoms with Gasteiger partial charge in [0.2, 0.25) is 5.91 Å². The summed E-state index contributed by atoms with van der Waals surface area (Å²) in [5, 5.41) is 3.50. The molecule has 0 fully saturated rings. The first-order chi connectivity index (χ1) is 11.6. The Bertz CT molecular complexity index is 867. The van der Waals surface area contributed by atoms with Crippen LogP contribution in [0.4, 0.5) is 5.13 Å². The first-order valence-corrected chi connectivity index (χ1v) is 8.63. The van der Waals surface area contributed by atoms with E-state index in [4.69, 9.17) is 0 Å². The second-order valence-corrected chi connectivity index (χ2v) is 6.71. The fraction of sp³-hybridized carbons (Fsp3) is 0.294. The number of nitrogens with zero attached hydrogens (tertiary/aromatic N) is 4. The van der Waals surface area contributed by atoms with Crippen LogP contribution in [0.2, 0.25) is 0 Å². The average Bonchev–Trinajstić information content (AvgIpc) is 3.20. The molecule has 0 spiro atoms. The van der Waals surface area contributed by atoms with Gasteiger partial charge in [-0.15, -0.1) is 17.9 Å². The summed E-state index contributed by atoms with van der Waals surface area (Å²) < 4.78 is 0. The molecule has 3 aromatic rings. The largest absolute Gasteiger partial charge is 0.346 e. The van der Waals surface area contributed by atoms with Crippen LogP contribution in [0.1, 0.15) is 20.3 Å². The van der Waals surface area contributed by atoms with E-state index in [9.17, 15) is 4.79 Å². The number of carbonyl (C=O) groups excluding carboxylic acids is 1. The van der Waals surface area contributed by atoms with Gasteiger partial charge in [0.15, 0.2) is 5.13 Å². The normalized spacial score (nSPS) is 11.1. The summed E-state index contributed by atoms with van der Waals surface area (Å²) in [4.78, 5) is 30.4. The number of thiazole rings is 1. The molecule has 3 aromatic heterocycles. The van der Waals surface area contributed by atoms with Crippen LogP contribution >= 0.6 is 11.3 Å². The lowest BCUT2D eigenvalue weighted by atomic mass is 10.1. The number of hydrogen-bond donors (Lipinski definition) is 1. The molecule has 1 amide bonds. The van der Waals surface area contributed by atoms with Gasteiger partial charge in [-0.05, 0) is 12.0 Å². The van der Waals surface area contributed by atoms with Crippen molar-refractivity contribution in [2.75, 3.05) is 11.4 Å². The number of fused-ring (bicyclic) bond motifs is 1. The van der Waals surface area contributed by atoms with E-state index < -0.39 is 0 Å². The molecule has 0 aliphatic heterocycles. The number of rotatable bonds is 6. The maximum absolute atomic E-state index is 12.5. The summed E-state index contributed by atoms with van der Waals surface area (Å²) in [6.45, 7) is 8.25. The molecule has 1 N–H and O–H groups in total. The Kier molecular flexibility index (Phi) is 4.71. The molecule has 0 aromatic carbocycles. The molecule has 0 unspecified atom stereocenters. The highest BCUT2D eigenvalue weighted by Gasteiger charge is 2.20. The quantitative estimate of drug-likeness (QED) is 0.695. The molecular formula is C17H19N5OS. The Hall–Kier alpha value is -2.54. The third-order valence-electron chi connectivity index (χ3n) is 3.52. The van der Waals surface area contributed by atoms with Crippen LogP contribution in [0.15, 0.2) is 36.6 Å². The van der Waals surface area contributed by atoms with Crippen molar-refractivity contribution in [3.05, 3.63) is 36.6 Å². The van der Waals surface area contributed by atoms with Crippen LogP contribution in [-0.2, 0) is 4.79 Å². The summed E-state index contributed by atoms with van der Waals surface area (Å²) in [5.41, 5.74) is 2.28. The number of carbonyl (C=O) groups is 1. The van der Waals surface area contributed by atoms with Crippen molar-refractivity contribution in [1.29, 1.82) is 0 Å². The summed E-state index contributed by atoms with van der Waals surface area (Å²) in [5.74, 6) is 0.353. The minimum atomic E-state index is 0.0558. The van der Waals surface area contributed by atoms with Gasteiger partial charge in [0.05, 0.1) is 0 Å². The standard InChI is InChI=1S/C17H19N5OS/c1-4-7-22(14(23)8-11(2)3)17-21-13(9-24-17)15-12-5-6-18-16(12)20-10-19-15/h4-6,9-11H,1,7-8H2,2-3H3,(H,18,19,20). The van der Waals surface area contributed by atoms with Gasteiger partial charge in [-0.3, -0.25) is 9.69 Å². The highest BCUT2D eigenvalue weighted by Crippen LogP contribution is 2.30. The number of amides is 1. The third kappa shape index (κ3) is 3.21. The van der Waals surface area contributed by atoms with E-state index in [1.165, 1.54) is 17.7 Å². The first kappa shape index (κ1) is 16.3. The van der Waals surface area contributed by atoms with Gasteiger partial charge in [-0.1, -0.05) is 19.9 Å². The van der Waals surface area contributed by atoms with Crippen LogP contribution in [0.5, 0.6) is 0 Å². The van der Waals surface area contributed by atoms with Crippen molar-refractivity contribution in [3.63, 3.8) is 0 Å². The predicted octanol–water partition coefficient (Wildman–Crippen LogP) is 3.65. The molecule has 3 heterocycles. The minimum Gasteiger partial charge on any atom is -0.346 e. The lowest BCUT2D eigenvalue weighted by Crippen LogP contribution is -2.31. The van der Waals surface area contributed by atoms with E-state index in [0.29, 0.717) is 24.0 Å². The maximum atomic E-state index is 12.5. The SMILES string of the molecule is C=CCN(C(=O)CC(C)C)c1nc(-c2ncnc3[nH]ccc23)cs1. The molecule has 0 atom stereocenters. The zero-order valence-corrected chi connectivity index (χ0v) is 14.5. The molecule has 0 aliphatic rings. The Balaban J connectivity index is 1.95. The second kappa shape index (κ2) is 6.92. The summed E-state index contributed by atoms with van der Waals surface area (Å²) in [6, 6.07) is 1.93. The van der Waals surface area contributed by atoms with E-state index in [2.05, 4.69) is 26.5 Å². The van der Waals surface area contributed by atoms with Crippen molar-refractivity contribution >= 4 is 33.4 Å². The molecule has 0 aliphatic carbocycles. The number of nitrogens with one attached hydrogen (secondary N) is 1. The Labute approximate surface area is 144 Å². The molecule has 0 saturated heterocycles. The molecule has 0 radical (unpaired) electrons. The number of anilines is 1. The zero-order chi connectivity index (χ0) is 17.1.